The van der Waals surface area contributed by atoms with Crippen LogP contribution in [0.25, 0.3) is 0 Å². The lowest BCUT2D eigenvalue weighted by Crippen LogP contribution is -2.57. The van der Waals surface area contributed by atoms with Crippen molar-refractivity contribution in [3.63, 3.8) is 0 Å². The van der Waals surface area contributed by atoms with Crippen molar-refractivity contribution in [1.82, 2.24) is 5.32 Å². The first-order valence-electron chi connectivity index (χ1n) is 6.51. The topological polar surface area (TPSA) is 64.6 Å². The monoisotopic (exact) mass is 255 g/mol. The number of carbonyl (C=O) groups excluding carboxylic acids is 2. The third kappa shape index (κ3) is 2.36. The molecule has 2 aliphatic rings. The molecule has 18 heavy (non-hydrogen) atoms. The maximum atomic E-state index is 12.2. The first kappa shape index (κ1) is 13.3. The fourth-order valence-corrected chi connectivity index (χ4v) is 2.55. The highest BCUT2D eigenvalue weighted by atomic mass is 16.5. The van der Waals surface area contributed by atoms with Crippen molar-refractivity contribution < 1.29 is 19.1 Å². The Morgan fingerprint density at radius 2 is 2.00 bits per heavy atom. The minimum absolute atomic E-state index is 0.186. The molecule has 1 amide bonds. The lowest BCUT2D eigenvalue weighted by molar-refractivity contribution is -0.153. The molecule has 0 radical (unpaired) electrons. The summed E-state index contributed by atoms with van der Waals surface area (Å²) in [6, 6.07) is 0. The van der Waals surface area contributed by atoms with E-state index in [-0.39, 0.29) is 23.7 Å². The van der Waals surface area contributed by atoms with E-state index in [2.05, 4.69) is 5.32 Å². The van der Waals surface area contributed by atoms with Crippen molar-refractivity contribution in [3.8, 4) is 0 Å². The fraction of sp³-hybridized carbons (Fsp3) is 0.846. The van der Waals surface area contributed by atoms with Crippen LogP contribution in [0.4, 0.5) is 0 Å². The SMILES string of the molecule is COC(=O)C(C)(NC(=O)C1OCCC1C)C1CC1. The third-order valence-electron chi connectivity index (χ3n) is 4.03. The highest BCUT2D eigenvalue weighted by Crippen LogP contribution is 2.40. The predicted octanol–water partition coefficient (Wildman–Crippen LogP) is 0.869. The van der Waals surface area contributed by atoms with Gasteiger partial charge in [0, 0.05) is 6.61 Å². The summed E-state index contributed by atoms with van der Waals surface area (Å²) in [5.74, 6) is -0.180. The smallest absolute Gasteiger partial charge is 0.331 e. The van der Waals surface area contributed by atoms with Crippen LogP contribution in [0.3, 0.4) is 0 Å². The highest BCUT2D eigenvalue weighted by Gasteiger charge is 2.50. The Morgan fingerprint density at radius 1 is 1.33 bits per heavy atom. The molecule has 5 heteroatoms. The molecule has 2 rings (SSSR count). The maximum Gasteiger partial charge on any atom is 0.331 e. The van der Waals surface area contributed by atoms with Crippen LogP contribution in [-0.4, -0.2) is 37.2 Å². The molecular weight excluding hydrogens is 234 g/mol. The Morgan fingerprint density at radius 3 is 2.44 bits per heavy atom. The normalized spacial score (nSPS) is 30.6. The van der Waals surface area contributed by atoms with Gasteiger partial charge in [0.1, 0.15) is 11.6 Å². The zero-order valence-electron chi connectivity index (χ0n) is 11.2. The van der Waals surface area contributed by atoms with Gasteiger partial charge in [0.2, 0.25) is 5.91 Å². The number of ether oxygens (including phenoxy) is 2. The number of hydrogen-bond donors (Lipinski definition) is 1. The molecule has 0 aromatic carbocycles. The summed E-state index contributed by atoms with van der Waals surface area (Å²) in [5, 5.41) is 2.84. The lowest BCUT2D eigenvalue weighted by atomic mass is 9.94. The molecule has 1 aliphatic heterocycles. The molecule has 0 spiro atoms. The Kier molecular flexibility index (Phi) is 3.61. The van der Waals surface area contributed by atoms with Crippen molar-refractivity contribution >= 4 is 11.9 Å². The predicted molar refractivity (Wildman–Crippen MR) is 64.8 cm³/mol. The molecule has 0 aromatic rings. The van der Waals surface area contributed by atoms with Gasteiger partial charge in [0.05, 0.1) is 7.11 Å². The average molecular weight is 255 g/mol. The second-order valence-electron chi connectivity index (χ2n) is 5.51. The van der Waals surface area contributed by atoms with Gasteiger partial charge in [-0.05, 0) is 38.0 Å². The molecule has 1 heterocycles. The number of hydrogen-bond acceptors (Lipinski definition) is 4. The van der Waals surface area contributed by atoms with Gasteiger partial charge in [-0.3, -0.25) is 4.79 Å². The number of carbonyl (C=O) groups is 2. The maximum absolute atomic E-state index is 12.2. The zero-order chi connectivity index (χ0) is 13.3. The second kappa shape index (κ2) is 4.88. The van der Waals surface area contributed by atoms with Crippen LogP contribution in [0.15, 0.2) is 0 Å². The van der Waals surface area contributed by atoms with Crippen molar-refractivity contribution in [1.29, 1.82) is 0 Å². The van der Waals surface area contributed by atoms with Crippen LogP contribution in [0.1, 0.15) is 33.1 Å². The molecular formula is C13H21NO4. The van der Waals surface area contributed by atoms with Gasteiger partial charge in [0.25, 0.3) is 0 Å². The second-order valence-corrected chi connectivity index (χ2v) is 5.51. The Balaban J connectivity index is 2.05. The van der Waals surface area contributed by atoms with Crippen LogP contribution in [-0.2, 0) is 19.1 Å². The van der Waals surface area contributed by atoms with Crippen LogP contribution >= 0.6 is 0 Å². The van der Waals surface area contributed by atoms with Crippen molar-refractivity contribution in [2.45, 2.75) is 44.8 Å². The first-order chi connectivity index (χ1) is 8.49. The number of rotatable bonds is 4. The third-order valence-corrected chi connectivity index (χ3v) is 4.03. The van der Waals surface area contributed by atoms with Crippen LogP contribution in [0.2, 0.25) is 0 Å². The van der Waals surface area contributed by atoms with Gasteiger partial charge < -0.3 is 14.8 Å². The largest absolute Gasteiger partial charge is 0.467 e. The van der Waals surface area contributed by atoms with Crippen molar-refractivity contribution in [3.05, 3.63) is 0 Å². The van der Waals surface area contributed by atoms with Gasteiger partial charge in [0.15, 0.2) is 0 Å². The number of methoxy groups -OCH3 is 1. The molecule has 0 aromatic heterocycles. The molecule has 1 saturated carbocycles. The zero-order valence-corrected chi connectivity index (χ0v) is 11.2. The number of amides is 1. The number of esters is 1. The Labute approximate surface area is 107 Å². The average Bonchev–Trinajstić information content (AvgIpc) is 3.11. The first-order valence-corrected chi connectivity index (χ1v) is 6.51. The van der Waals surface area contributed by atoms with E-state index in [1.54, 1.807) is 6.92 Å². The van der Waals surface area contributed by atoms with E-state index in [4.69, 9.17) is 9.47 Å². The van der Waals surface area contributed by atoms with E-state index in [9.17, 15) is 9.59 Å². The number of nitrogens with one attached hydrogen (secondary N) is 1. The molecule has 102 valence electrons. The summed E-state index contributed by atoms with van der Waals surface area (Å²) in [5.41, 5.74) is -0.905. The molecule has 1 N–H and O–H groups in total. The summed E-state index contributed by atoms with van der Waals surface area (Å²) in [6.45, 7) is 4.34. The Hall–Kier alpha value is -1.10. The minimum Gasteiger partial charge on any atom is -0.467 e. The van der Waals surface area contributed by atoms with Gasteiger partial charge in [-0.1, -0.05) is 6.92 Å². The summed E-state index contributed by atoms with van der Waals surface area (Å²) in [6.07, 6.45) is 2.35. The fourth-order valence-electron chi connectivity index (χ4n) is 2.55. The Bertz CT molecular complexity index is 353. The standard InChI is InChI=1S/C13H21NO4/c1-8-6-7-18-10(8)11(15)14-13(2,9-4-5-9)12(16)17-3/h8-10H,4-7H2,1-3H3,(H,14,15). The van der Waals surface area contributed by atoms with Gasteiger partial charge in [-0.2, -0.15) is 0 Å². The summed E-state index contributed by atoms with van der Waals surface area (Å²) in [7, 11) is 1.35. The summed E-state index contributed by atoms with van der Waals surface area (Å²) in [4.78, 5) is 24.0. The molecule has 0 bridgehead atoms. The molecule has 3 unspecified atom stereocenters. The highest BCUT2D eigenvalue weighted by molar-refractivity contribution is 5.90. The van der Waals surface area contributed by atoms with Crippen LogP contribution in [0.5, 0.6) is 0 Å². The molecule has 2 fully saturated rings. The van der Waals surface area contributed by atoms with E-state index in [1.165, 1.54) is 7.11 Å². The van der Waals surface area contributed by atoms with Crippen LogP contribution < -0.4 is 5.32 Å². The summed E-state index contributed by atoms with van der Waals surface area (Å²) < 4.78 is 10.2. The molecule has 5 nitrogen and oxygen atoms in total. The van der Waals surface area contributed by atoms with E-state index >= 15 is 0 Å². The summed E-state index contributed by atoms with van der Waals surface area (Å²) >= 11 is 0. The molecule has 1 saturated heterocycles. The quantitative estimate of drug-likeness (QED) is 0.757. The van der Waals surface area contributed by atoms with Crippen LogP contribution in [0, 0.1) is 11.8 Å². The molecule has 1 aliphatic carbocycles. The van der Waals surface area contributed by atoms with Gasteiger partial charge in [-0.25, -0.2) is 4.79 Å². The van der Waals surface area contributed by atoms with E-state index in [0.717, 1.165) is 19.3 Å². The van der Waals surface area contributed by atoms with E-state index in [0.29, 0.717) is 6.61 Å². The van der Waals surface area contributed by atoms with E-state index < -0.39 is 11.6 Å². The van der Waals surface area contributed by atoms with Crippen molar-refractivity contribution in [2.75, 3.05) is 13.7 Å². The van der Waals surface area contributed by atoms with Crippen molar-refractivity contribution in [2.24, 2.45) is 11.8 Å². The van der Waals surface area contributed by atoms with Gasteiger partial charge >= 0.3 is 5.97 Å². The molecule has 3 atom stereocenters. The van der Waals surface area contributed by atoms with Gasteiger partial charge in [-0.15, -0.1) is 0 Å². The lowest BCUT2D eigenvalue weighted by Gasteiger charge is -2.29. The van der Waals surface area contributed by atoms with E-state index in [1.807, 2.05) is 6.92 Å². The minimum atomic E-state index is -0.905.